The van der Waals surface area contributed by atoms with Crippen LogP contribution in [0.5, 0.6) is 0 Å². The summed E-state index contributed by atoms with van der Waals surface area (Å²) in [5, 5.41) is 3.12. The van der Waals surface area contributed by atoms with Crippen molar-refractivity contribution in [3.63, 3.8) is 0 Å². The molecule has 2 aromatic heterocycles. The molecule has 0 bridgehead atoms. The lowest BCUT2D eigenvalue weighted by atomic mass is 10.2. The van der Waals surface area contributed by atoms with Gasteiger partial charge in [-0.25, -0.2) is 14.6 Å². The number of aryl methyl sites for hydroxylation is 1. The third-order valence-corrected chi connectivity index (χ3v) is 6.04. The van der Waals surface area contributed by atoms with Gasteiger partial charge in [0.1, 0.15) is 22.9 Å². The zero-order valence-corrected chi connectivity index (χ0v) is 16.5. The van der Waals surface area contributed by atoms with Gasteiger partial charge < -0.3 is 14.5 Å². The number of nitrogens with one attached hydrogen (secondary N) is 1. The molecule has 0 radical (unpaired) electrons. The lowest BCUT2D eigenvalue weighted by molar-refractivity contribution is 0.134. The monoisotopic (exact) mass is 470 g/mol. The summed E-state index contributed by atoms with van der Waals surface area (Å²) in [6.07, 6.45) is -0.599. The highest BCUT2D eigenvalue weighted by molar-refractivity contribution is 14.1. The van der Waals surface area contributed by atoms with E-state index in [1.54, 1.807) is 6.92 Å². The molecule has 8 heteroatoms. The molecule has 0 aliphatic carbocycles. The molecule has 3 aromatic rings. The van der Waals surface area contributed by atoms with Gasteiger partial charge in [-0.3, -0.25) is 0 Å². The Bertz CT molecular complexity index is 968. The minimum atomic E-state index is -0.599. The zero-order valence-electron chi connectivity index (χ0n) is 13.5. The Morgan fingerprint density at radius 3 is 2.84 bits per heavy atom. The normalized spacial score (nSPS) is 12.1. The molecule has 0 unspecified atom stereocenters. The van der Waals surface area contributed by atoms with Crippen molar-refractivity contribution < 1.29 is 13.9 Å². The molecule has 0 spiro atoms. The van der Waals surface area contributed by atoms with Crippen LogP contribution in [0.4, 0.5) is 4.79 Å². The van der Waals surface area contributed by atoms with Gasteiger partial charge >= 0.3 is 11.7 Å². The van der Waals surface area contributed by atoms with Crippen LogP contribution in [-0.2, 0) is 11.3 Å². The fourth-order valence-corrected chi connectivity index (χ4v) is 4.04. The van der Waals surface area contributed by atoms with Crippen molar-refractivity contribution in [3.05, 3.63) is 60.7 Å². The van der Waals surface area contributed by atoms with Crippen molar-refractivity contribution >= 4 is 50.2 Å². The lowest BCUT2D eigenvalue weighted by Crippen LogP contribution is -2.28. The number of carbonyl (C=O) groups excluding carboxylic acids is 1. The van der Waals surface area contributed by atoms with E-state index in [1.165, 1.54) is 11.3 Å². The predicted molar refractivity (Wildman–Crippen MR) is 104 cm³/mol. The van der Waals surface area contributed by atoms with E-state index >= 15 is 0 Å². The Morgan fingerprint density at radius 1 is 1.40 bits per heavy atom. The van der Waals surface area contributed by atoms with E-state index in [0.717, 1.165) is 14.0 Å². The topological polar surface area (TPSA) is 81.4 Å². The molecule has 1 atom stereocenters. The van der Waals surface area contributed by atoms with Gasteiger partial charge in [0, 0.05) is 0 Å². The Kier molecular flexibility index (Phi) is 5.38. The maximum Gasteiger partial charge on any atom is 0.408 e. The summed E-state index contributed by atoms with van der Waals surface area (Å²) < 4.78 is 11.4. The van der Waals surface area contributed by atoms with E-state index in [2.05, 4.69) is 32.9 Å². The van der Waals surface area contributed by atoms with Gasteiger partial charge in [0.2, 0.25) is 5.89 Å². The van der Waals surface area contributed by atoms with E-state index in [-0.39, 0.29) is 12.5 Å². The van der Waals surface area contributed by atoms with Crippen molar-refractivity contribution in [2.45, 2.75) is 26.5 Å². The number of ether oxygens (including phenoxy) is 1. The first-order valence-electron chi connectivity index (χ1n) is 7.52. The number of halogens is 1. The van der Waals surface area contributed by atoms with E-state index in [9.17, 15) is 9.59 Å². The van der Waals surface area contributed by atoms with Crippen molar-refractivity contribution in [1.29, 1.82) is 0 Å². The summed E-state index contributed by atoms with van der Waals surface area (Å²) in [4.78, 5) is 29.1. The lowest BCUT2D eigenvalue weighted by Gasteiger charge is -2.12. The number of hydrogen-bond donors (Lipinski definition) is 1. The summed E-state index contributed by atoms with van der Waals surface area (Å²) in [6.45, 7) is 3.71. The van der Waals surface area contributed by atoms with Gasteiger partial charge in [0.15, 0.2) is 0 Å². The standard InChI is InChI=1S/C17H15IN2O4S/c1-9-12-15(25-13(9)18)20-14(24-16(12)21)10(2)19-17(22)23-8-11-6-4-3-5-7-11/h3-7,10H,8H2,1-2H3,(H,19,22)/t10-/m0/s1. The van der Waals surface area contributed by atoms with Crippen LogP contribution < -0.4 is 10.9 Å². The molecule has 1 amide bonds. The van der Waals surface area contributed by atoms with Crippen LogP contribution in [0, 0.1) is 9.81 Å². The van der Waals surface area contributed by atoms with E-state index in [4.69, 9.17) is 9.15 Å². The Balaban J connectivity index is 1.70. The number of thiophene rings is 1. The third-order valence-electron chi connectivity index (χ3n) is 3.60. The number of carbonyl (C=O) groups is 1. The first-order valence-corrected chi connectivity index (χ1v) is 9.42. The van der Waals surface area contributed by atoms with E-state index in [0.29, 0.717) is 10.2 Å². The largest absolute Gasteiger partial charge is 0.445 e. The molecule has 1 aromatic carbocycles. The van der Waals surface area contributed by atoms with Crippen LogP contribution in [-0.4, -0.2) is 11.1 Å². The quantitative estimate of drug-likeness (QED) is 0.580. The Morgan fingerprint density at radius 2 is 2.12 bits per heavy atom. The molecule has 2 heterocycles. The van der Waals surface area contributed by atoms with Gasteiger partial charge in [-0.1, -0.05) is 30.3 Å². The Labute approximate surface area is 161 Å². The molecule has 0 aliphatic heterocycles. The number of nitrogens with zero attached hydrogens (tertiary/aromatic N) is 1. The minimum absolute atomic E-state index is 0.159. The molecular weight excluding hydrogens is 455 g/mol. The van der Waals surface area contributed by atoms with Gasteiger partial charge in [-0.05, 0) is 47.6 Å². The first kappa shape index (κ1) is 17.9. The molecule has 0 fully saturated rings. The van der Waals surface area contributed by atoms with Crippen molar-refractivity contribution in [3.8, 4) is 0 Å². The molecule has 0 saturated carbocycles. The maximum atomic E-state index is 12.2. The van der Waals surface area contributed by atoms with Gasteiger partial charge in [0.25, 0.3) is 0 Å². The van der Waals surface area contributed by atoms with Crippen LogP contribution in [0.3, 0.4) is 0 Å². The SMILES string of the molecule is Cc1c(I)sc2nc([C@H](C)NC(=O)OCc3ccccc3)oc(=O)c12. The predicted octanol–water partition coefficient (Wildman–Crippen LogP) is 4.15. The number of alkyl carbamates (subject to hydrolysis) is 1. The molecule has 0 saturated heterocycles. The highest BCUT2D eigenvalue weighted by Gasteiger charge is 2.19. The summed E-state index contributed by atoms with van der Waals surface area (Å²) in [6, 6.07) is 8.79. The number of benzene rings is 1. The second-order valence-electron chi connectivity index (χ2n) is 5.45. The van der Waals surface area contributed by atoms with E-state index < -0.39 is 17.8 Å². The van der Waals surface area contributed by atoms with Crippen LogP contribution >= 0.6 is 33.9 Å². The van der Waals surface area contributed by atoms with Crippen molar-refractivity contribution in [2.75, 3.05) is 0 Å². The van der Waals surface area contributed by atoms with E-state index in [1.807, 2.05) is 37.3 Å². The summed E-state index contributed by atoms with van der Waals surface area (Å²) >= 11 is 3.59. The fraction of sp³-hybridized carbons (Fsp3) is 0.235. The van der Waals surface area contributed by atoms with Gasteiger partial charge in [-0.2, -0.15) is 0 Å². The zero-order chi connectivity index (χ0) is 18.0. The minimum Gasteiger partial charge on any atom is -0.445 e. The molecule has 0 aliphatic rings. The van der Waals surface area contributed by atoms with Gasteiger partial charge in [-0.15, -0.1) is 11.3 Å². The second-order valence-corrected chi connectivity index (χ2v) is 8.26. The number of hydrogen-bond acceptors (Lipinski definition) is 6. The highest BCUT2D eigenvalue weighted by Crippen LogP contribution is 2.29. The second kappa shape index (κ2) is 7.52. The smallest absolute Gasteiger partial charge is 0.408 e. The average molecular weight is 470 g/mol. The highest BCUT2D eigenvalue weighted by atomic mass is 127. The third kappa shape index (κ3) is 4.01. The number of rotatable bonds is 4. The van der Waals surface area contributed by atoms with Gasteiger partial charge in [0.05, 0.1) is 2.88 Å². The molecule has 6 nitrogen and oxygen atoms in total. The number of fused-ring (bicyclic) bond motifs is 1. The van der Waals surface area contributed by atoms with Crippen molar-refractivity contribution in [2.24, 2.45) is 0 Å². The number of aromatic nitrogens is 1. The molecule has 1 N–H and O–H groups in total. The average Bonchev–Trinajstić information content (AvgIpc) is 2.88. The summed E-state index contributed by atoms with van der Waals surface area (Å²) in [7, 11) is 0. The molecule has 130 valence electrons. The Hall–Kier alpha value is -1.94. The first-order chi connectivity index (χ1) is 12.0. The number of amides is 1. The molecule has 25 heavy (non-hydrogen) atoms. The molecular formula is C17H15IN2O4S. The van der Waals surface area contributed by atoms with Crippen LogP contribution in [0.2, 0.25) is 0 Å². The van der Waals surface area contributed by atoms with Crippen LogP contribution in [0.1, 0.15) is 30.0 Å². The van der Waals surface area contributed by atoms with Crippen LogP contribution in [0.25, 0.3) is 10.2 Å². The summed E-state index contributed by atoms with van der Waals surface area (Å²) in [5.41, 5.74) is 1.32. The summed E-state index contributed by atoms with van der Waals surface area (Å²) in [5.74, 6) is 0.159. The molecule has 3 rings (SSSR count). The fourth-order valence-electron chi connectivity index (χ4n) is 2.25. The van der Waals surface area contributed by atoms with Crippen molar-refractivity contribution in [1.82, 2.24) is 10.3 Å². The maximum absolute atomic E-state index is 12.2. The van der Waals surface area contributed by atoms with Crippen LogP contribution in [0.15, 0.2) is 39.5 Å².